The first-order valence-corrected chi connectivity index (χ1v) is 6.91. The minimum atomic E-state index is -0.489. The highest BCUT2D eigenvalue weighted by Crippen LogP contribution is 2.16. The van der Waals surface area contributed by atoms with E-state index in [-0.39, 0.29) is 37.5 Å². The van der Waals surface area contributed by atoms with Gasteiger partial charge in [-0.25, -0.2) is 4.39 Å². The summed E-state index contributed by atoms with van der Waals surface area (Å²) < 4.78 is 18.6. The van der Waals surface area contributed by atoms with Gasteiger partial charge < -0.3 is 14.7 Å². The first-order chi connectivity index (χ1) is 9.63. The predicted molar refractivity (Wildman–Crippen MR) is 75.1 cm³/mol. The van der Waals surface area contributed by atoms with Crippen LogP contribution >= 0.6 is 0 Å². The lowest BCUT2D eigenvalue weighted by molar-refractivity contribution is -0.136. The lowest BCUT2D eigenvalue weighted by atomic mass is 10.1. The molecule has 0 aliphatic rings. The number of aliphatic hydroxyl groups excluding tert-OH is 1. The van der Waals surface area contributed by atoms with Gasteiger partial charge in [0.1, 0.15) is 0 Å². The van der Waals surface area contributed by atoms with Crippen LogP contribution in [0.4, 0.5) is 4.39 Å². The summed E-state index contributed by atoms with van der Waals surface area (Å²) in [5.74, 6) is -0.665. The van der Waals surface area contributed by atoms with Crippen LogP contribution in [0.5, 0.6) is 5.75 Å². The highest BCUT2D eigenvalue weighted by Gasteiger charge is 2.21. The Kier molecular flexibility index (Phi) is 7.01. The van der Waals surface area contributed by atoms with E-state index in [2.05, 4.69) is 0 Å². The summed E-state index contributed by atoms with van der Waals surface area (Å²) in [6, 6.07) is 6.04. The molecule has 0 aliphatic heterocycles. The highest BCUT2D eigenvalue weighted by atomic mass is 19.1. The SMILES string of the molecule is CCC(CC)N(CCO)C(=O)COc1ccccc1F. The van der Waals surface area contributed by atoms with E-state index in [0.717, 1.165) is 12.8 Å². The fourth-order valence-corrected chi connectivity index (χ4v) is 2.13. The van der Waals surface area contributed by atoms with Crippen molar-refractivity contribution in [2.45, 2.75) is 32.7 Å². The largest absolute Gasteiger partial charge is 0.481 e. The molecule has 1 aromatic carbocycles. The fraction of sp³-hybridized carbons (Fsp3) is 0.533. The topological polar surface area (TPSA) is 49.8 Å². The van der Waals surface area contributed by atoms with Gasteiger partial charge >= 0.3 is 0 Å². The predicted octanol–water partition coefficient (Wildman–Crippen LogP) is 2.21. The summed E-state index contributed by atoms with van der Waals surface area (Å²) in [6.07, 6.45) is 1.61. The fourth-order valence-electron chi connectivity index (χ4n) is 2.13. The van der Waals surface area contributed by atoms with Gasteiger partial charge in [-0.3, -0.25) is 4.79 Å². The van der Waals surface area contributed by atoms with E-state index >= 15 is 0 Å². The second-order valence-electron chi connectivity index (χ2n) is 4.50. The zero-order valence-corrected chi connectivity index (χ0v) is 12.0. The maximum absolute atomic E-state index is 13.4. The van der Waals surface area contributed by atoms with Crippen LogP contribution in [0.1, 0.15) is 26.7 Å². The molecule has 1 N–H and O–H groups in total. The van der Waals surface area contributed by atoms with Crippen LogP contribution in [-0.2, 0) is 4.79 Å². The molecule has 0 aliphatic carbocycles. The van der Waals surface area contributed by atoms with E-state index in [1.54, 1.807) is 17.0 Å². The third-order valence-corrected chi connectivity index (χ3v) is 3.23. The Morgan fingerprint density at radius 1 is 1.35 bits per heavy atom. The summed E-state index contributed by atoms with van der Waals surface area (Å²) in [4.78, 5) is 13.7. The lowest BCUT2D eigenvalue weighted by Crippen LogP contribution is -2.44. The standard InChI is InChI=1S/C15H22FNO3/c1-3-12(4-2)17(9-10-18)15(19)11-20-14-8-6-5-7-13(14)16/h5-8,12,18H,3-4,9-11H2,1-2H3. The summed E-state index contributed by atoms with van der Waals surface area (Å²) in [6.45, 7) is 3.93. The molecule has 1 amide bonds. The number of hydrogen-bond donors (Lipinski definition) is 1. The van der Waals surface area contributed by atoms with Gasteiger partial charge in [0.15, 0.2) is 18.2 Å². The van der Waals surface area contributed by atoms with Crippen molar-refractivity contribution in [1.29, 1.82) is 0 Å². The van der Waals surface area contributed by atoms with Crippen LogP contribution in [0, 0.1) is 5.82 Å². The maximum atomic E-state index is 13.4. The molecule has 0 atom stereocenters. The van der Waals surface area contributed by atoms with Crippen molar-refractivity contribution in [1.82, 2.24) is 4.90 Å². The average Bonchev–Trinajstić information content (AvgIpc) is 2.46. The molecule has 0 heterocycles. The maximum Gasteiger partial charge on any atom is 0.260 e. The number of benzene rings is 1. The normalized spacial score (nSPS) is 10.7. The third-order valence-electron chi connectivity index (χ3n) is 3.23. The molecule has 1 rings (SSSR count). The zero-order chi connectivity index (χ0) is 15.0. The first kappa shape index (κ1) is 16.4. The Morgan fingerprint density at radius 2 is 2.00 bits per heavy atom. The molecule has 0 fully saturated rings. The molecule has 0 spiro atoms. The summed E-state index contributed by atoms with van der Waals surface area (Å²) in [5, 5.41) is 9.06. The minimum Gasteiger partial charge on any atom is -0.481 e. The third kappa shape index (κ3) is 4.49. The number of para-hydroxylation sites is 1. The Bertz CT molecular complexity index is 421. The van der Waals surface area contributed by atoms with Gasteiger partial charge in [0.05, 0.1) is 6.61 Å². The molecule has 5 heteroatoms. The van der Waals surface area contributed by atoms with Gasteiger partial charge in [-0.15, -0.1) is 0 Å². The number of nitrogens with zero attached hydrogens (tertiary/aromatic N) is 1. The highest BCUT2D eigenvalue weighted by molar-refractivity contribution is 5.78. The van der Waals surface area contributed by atoms with Crippen molar-refractivity contribution >= 4 is 5.91 Å². The molecule has 4 nitrogen and oxygen atoms in total. The molecule has 20 heavy (non-hydrogen) atoms. The molecule has 0 bridgehead atoms. The van der Waals surface area contributed by atoms with E-state index in [0.29, 0.717) is 0 Å². The molecule has 0 radical (unpaired) electrons. The van der Waals surface area contributed by atoms with Crippen LogP contribution in [0.3, 0.4) is 0 Å². The number of carbonyl (C=O) groups is 1. The van der Waals surface area contributed by atoms with Crippen molar-refractivity contribution in [3.8, 4) is 5.75 Å². The first-order valence-electron chi connectivity index (χ1n) is 6.91. The Labute approximate surface area is 119 Å². The Balaban J connectivity index is 2.64. The monoisotopic (exact) mass is 283 g/mol. The molecule has 0 unspecified atom stereocenters. The number of aliphatic hydroxyl groups is 1. The molecule has 0 aromatic heterocycles. The number of ether oxygens (including phenoxy) is 1. The van der Waals surface area contributed by atoms with Crippen LogP contribution < -0.4 is 4.74 Å². The molecule has 0 saturated heterocycles. The van der Waals surface area contributed by atoms with Crippen molar-refractivity contribution in [2.24, 2.45) is 0 Å². The lowest BCUT2D eigenvalue weighted by Gasteiger charge is -2.30. The average molecular weight is 283 g/mol. The van der Waals surface area contributed by atoms with Gasteiger partial charge in [0, 0.05) is 12.6 Å². The molecular formula is C15H22FNO3. The van der Waals surface area contributed by atoms with E-state index < -0.39 is 5.82 Å². The number of amides is 1. The van der Waals surface area contributed by atoms with Crippen molar-refractivity contribution < 1.29 is 19.0 Å². The Hall–Kier alpha value is -1.62. The molecule has 1 aromatic rings. The number of carbonyl (C=O) groups excluding carboxylic acids is 1. The zero-order valence-electron chi connectivity index (χ0n) is 12.0. The Morgan fingerprint density at radius 3 is 2.55 bits per heavy atom. The summed E-state index contributed by atoms with van der Waals surface area (Å²) in [7, 11) is 0. The van der Waals surface area contributed by atoms with Gasteiger partial charge in [0.2, 0.25) is 0 Å². The van der Waals surface area contributed by atoms with Crippen LogP contribution in [0.15, 0.2) is 24.3 Å². The number of halogens is 1. The van der Waals surface area contributed by atoms with Gasteiger partial charge in [-0.05, 0) is 25.0 Å². The van der Waals surface area contributed by atoms with Crippen LogP contribution in [-0.4, -0.2) is 41.7 Å². The quantitative estimate of drug-likeness (QED) is 0.796. The molecule has 0 saturated carbocycles. The van der Waals surface area contributed by atoms with E-state index in [9.17, 15) is 9.18 Å². The summed E-state index contributed by atoms with van der Waals surface area (Å²) >= 11 is 0. The van der Waals surface area contributed by atoms with Crippen molar-refractivity contribution in [2.75, 3.05) is 19.8 Å². The number of hydrogen-bond acceptors (Lipinski definition) is 3. The summed E-state index contributed by atoms with van der Waals surface area (Å²) in [5.41, 5.74) is 0. The van der Waals surface area contributed by atoms with Crippen molar-refractivity contribution in [3.05, 3.63) is 30.1 Å². The van der Waals surface area contributed by atoms with Gasteiger partial charge in [-0.2, -0.15) is 0 Å². The minimum absolute atomic E-state index is 0.0642. The second kappa shape index (κ2) is 8.53. The molecule has 112 valence electrons. The van der Waals surface area contributed by atoms with E-state index in [1.807, 2.05) is 13.8 Å². The van der Waals surface area contributed by atoms with E-state index in [4.69, 9.17) is 9.84 Å². The van der Waals surface area contributed by atoms with Crippen LogP contribution in [0.25, 0.3) is 0 Å². The van der Waals surface area contributed by atoms with Gasteiger partial charge in [0.25, 0.3) is 5.91 Å². The van der Waals surface area contributed by atoms with E-state index in [1.165, 1.54) is 12.1 Å². The van der Waals surface area contributed by atoms with Crippen LogP contribution in [0.2, 0.25) is 0 Å². The second-order valence-corrected chi connectivity index (χ2v) is 4.50. The smallest absolute Gasteiger partial charge is 0.260 e. The molecular weight excluding hydrogens is 261 g/mol. The number of rotatable bonds is 8. The van der Waals surface area contributed by atoms with Gasteiger partial charge in [-0.1, -0.05) is 26.0 Å². The van der Waals surface area contributed by atoms with Crippen molar-refractivity contribution in [3.63, 3.8) is 0 Å².